The first-order valence-corrected chi connectivity index (χ1v) is 8.27. The number of hydrogen-bond donors (Lipinski definition) is 0. The summed E-state index contributed by atoms with van der Waals surface area (Å²) in [6.07, 6.45) is 0.804. The average Bonchev–Trinajstić information content (AvgIpc) is 3.26. The molecule has 3 fully saturated rings. The number of halogens is 1. The van der Waals surface area contributed by atoms with E-state index in [2.05, 4.69) is 5.16 Å². The van der Waals surface area contributed by atoms with Gasteiger partial charge in [-0.2, -0.15) is 0 Å². The third-order valence-electron chi connectivity index (χ3n) is 6.05. The van der Waals surface area contributed by atoms with E-state index >= 15 is 0 Å². The third kappa shape index (κ3) is 1.56. The number of hydrogen-bond acceptors (Lipinski definition) is 4. The summed E-state index contributed by atoms with van der Waals surface area (Å²) < 4.78 is 0. The van der Waals surface area contributed by atoms with Gasteiger partial charge in [0.05, 0.1) is 17.5 Å². The van der Waals surface area contributed by atoms with E-state index in [0.29, 0.717) is 5.02 Å². The molecule has 0 N–H and O–H groups in total. The largest absolute Gasteiger partial charge is 0.391 e. The molecule has 0 radical (unpaired) electrons. The maximum atomic E-state index is 12.5. The second-order valence-corrected chi connectivity index (χ2v) is 7.37. The van der Waals surface area contributed by atoms with E-state index < -0.39 is 0 Å². The third-order valence-corrected chi connectivity index (χ3v) is 6.30. The molecule has 1 aromatic carbocycles. The highest BCUT2D eigenvalue weighted by molar-refractivity contribution is 6.30. The monoisotopic (exact) mass is 330 g/mol. The highest BCUT2D eigenvalue weighted by Crippen LogP contribution is 2.61. The van der Waals surface area contributed by atoms with Crippen LogP contribution in [-0.2, 0) is 14.4 Å². The summed E-state index contributed by atoms with van der Waals surface area (Å²) in [6, 6.07) is 7.54. The SMILES string of the molecule is CN1C(=O)[C@@H]2[C@H]3C[C@H]([C@H]4ON=C(c5ccc(Cl)cc5)[C@@H]34)[C@@H]2C1=O. The predicted molar refractivity (Wildman–Crippen MR) is 82.7 cm³/mol. The van der Waals surface area contributed by atoms with E-state index in [4.69, 9.17) is 16.4 Å². The van der Waals surface area contributed by atoms with Gasteiger partial charge < -0.3 is 4.84 Å². The number of fused-ring (bicyclic) bond motifs is 8. The Kier molecular flexibility index (Phi) is 2.56. The summed E-state index contributed by atoms with van der Waals surface area (Å²) in [4.78, 5) is 31.8. The van der Waals surface area contributed by atoms with Gasteiger partial charge in [0.1, 0.15) is 6.10 Å². The van der Waals surface area contributed by atoms with Crippen molar-refractivity contribution in [3.05, 3.63) is 34.9 Å². The van der Waals surface area contributed by atoms with Gasteiger partial charge in [0.15, 0.2) is 0 Å². The van der Waals surface area contributed by atoms with Crippen LogP contribution in [0.5, 0.6) is 0 Å². The number of benzene rings is 1. The number of imide groups is 1. The molecule has 5 nitrogen and oxygen atoms in total. The lowest BCUT2D eigenvalue weighted by Crippen LogP contribution is -2.41. The van der Waals surface area contributed by atoms with Crippen molar-refractivity contribution in [1.82, 2.24) is 4.90 Å². The first kappa shape index (κ1) is 13.5. The molecule has 5 rings (SSSR count). The molecule has 2 bridgehead atoms. The van der Waals surface area contributed by atoms with E-state index in [1.54, 1.807) is 7.05 Å². The lowest BCUT2D eigenvalue weighted by Gasteiger charge is -2.29. The fraction of sp³-hybridized carbons (Fsp3) is 0.471. The van der Waals surface area contributed by atoms with E-state index in [1.165, 1.54) is 4.90 Å². The van der Waals surface area contributed by atoms with Crippen LogP contribution in [0.25, 0.3) is 0 Å². The lowest BCUT2D eigenvalue weighted by molar-refractivity contribution is -0.139. The number of oxime groups is 1. The number of carbonyl (C=O) groups is 2. The maximum absolute atomic E-state index is 12.5. The Morgan fingerprint density at radius 1 is 1.09 bits per heavy atom. The van der Waals surface area contributed by atoms with Crippen LogP contribution in [-0.4, -0.2) is 35.6 Å². The van der Waals surface area contributed by atoms with Crippen molar-refractivity contribution in [2.24, 2.45) is 34.7 Å². The molecular weight excluding hydrogens is 316 g/mol. The van der Waals surface area contributed by atoms with Crippen molar-refractivity contribution >= 4 is 29.1 Å². The fourth-order valence-corrected chi connectivity index (χ4v) is 5.26. The Hall–Kier alpha value is -1.88. The number of nitrogens with zero attached hydrogens (tertiary/aromatic N) is 2. The first-order valence-electron chi connectivity index (χ1n) is 7.89. The Morgan fingerprint density at radius 2 is 1.74 bits per heavy atom. The molecule has 118 valence electrons. The molecule has 1 aromatic rings. The molecule has 0 spiro atoms. The van der Waals surface area contributed by atoms with Gasteiger partial charge in [-0.3, -0.25) is 14.5 Å². The zero-order valence-corrected chi connectivity index (χ0v) is 13.2. The van der Waals surface area contributed by atoms with Gasteiger partial charge in [-0.15, -0.1) is 0 Å². The van der Waals surface area contributed by atoms with Crippen molar-refractivity contribution in [3.8, 4) is 0 Å². The van der Waals surface area contributed by atoms with Crippen molar-refractivity contribution < 1.29 is 14.4 Å². The van der Waals surface area contributed by atoms with Crippen LogP contribution in [0.2, 0.25) is 5.02 Å². The molecular formula is C17H15ClN2O3. The topological polar surface area (TPSA) is 59.0 Å². The van der Waals surface area contributed by atoms with Crippen LogP contribution in [0, 0.1) is 29.6 Å². The summed E-state index contributed by atoms with van der Waals surface area (Å²) >= 11 is 5.96. The van der Waals surface area contributed by atoms with E-state index in [1.807, 2.05) is 24.3 Å². The van der Waals surface area contributed by atoms with Gasteiger partial charge in [0.25, 0.3) is 0 Å². The molecule has 2 aliphatic carbocycles. The van der Waals surface area contributed by atoms with Gasteiger partial charge in [-0.25, -0.2) is 0 Å². The Bertz CT molecular complexity index is 760. The Balaban J connectivity index is 1.53. The summed E-state index contributed by atoms with van der Waals surface area (Å²) in [5.74, 6) is -0.136. The molecule has 2 saturated carbocycles. The van der Waals surface area contributed by atoms with Crippen LogP contribution in [0.4, 0.5) is 0 Å². The summed E-state index contributed by atoms with van der Waals surface area (Å²) in [5.41, 5.74) is 1.88. The Labute approximate surface area is 138 Å². The second-order valence-electron chi connectivity index (χ2n) is 6.93. The van der Waals surface area contributed by atoms with Crippen LogP contribution >= 0.6 is 11.6 Å². The molecule has 4 aliphatic rings. The van der Waals surface area contributed by atoms with Gasteiger partial charge in [-0.05, 0) is 30.0 Å². The minimum absolute atomic E-state index is 0.0340. The summed E-state index contributed by atoms with van der Waals surface area (Å²) in [5, 5.41) is 4.97. The highest BCUT2D eigenvalue weighted by Gasteiger charge is 2.69. The van der Waals surface area contributed by atoms with Crippen molar-refractivity contribution in [1.29, 1.82) is 0 Å². The van der Waals surface area contributed by atoms with Crippen LogP contribution in [0.1, 0.15) is 12.0 Å². The molecule has 2 heterocycles. The minimum Gasteiger partial charge on any atom is -0.391 e. The molecule has 23 heavy (non-hydrogen) atoms. The molecule has 0 aromatic heterocycles. The normalized spacial score (nSPS) is 40.3. The molecule has 2 amide bonds. The van der Waals surface area contributed by atoms with Gasteiger partial charge in [-0.1, -0.05) is 28.9 Å². The van der Waals surface area contributed by atoms with Crippen LogP contribution < -0.4 is 0 Å². The summed E-state index contributed by atoms with van der Waals surface area (Å²) in [6.45, 7) is 0. The Morgan fingerprint density at radius 3 is 2.43 bits per heavy atom. The van der Waals surface area contributed by atoms with E-state index in [0.717, 1.165) is 17.7 Å². The second kappa shape index (κ2) is 4.35. The lowest BCUT2D eigenvalue weighted by atomic mass is 9.71. The number of amides is 2. The highest BCUT2D eigenvalue weighted by atomic mass is 35.5. The van der Waals surface area contributed by atoms with Gasteiger partial charge in [0.2, 0.25) is 11.8 Å². The van der Waals surface area contributed by atoms with Gasteiger partial charge in [0, 0.05) is 23.9 Å². The molecule has 2 aliphatic heterocycles. The quantitative estimate of drug-likeness (QED) is 0.739. The smallest absolute Gasteiger partial charge is 0.233 e. The molecule has 6 atom stereocenters. The molecule has 1 saturated heterocycles. The minimum atomic E-state index is -0.210. The molecule has 6 heteroatoms. The number of likely N-dealkylation sites (tertiary alicyclic amines) is 1. The van der Waals surface area contributed by atoms with E-state index in [9.17, 15) is 9.59 Å². The van der Waals surface area contributed by atoms with Crippen molar-refractivity contribution in [2.75, 3.05) is 7.05 Å². The average molecular weight is 331 g/mol. The fourth-order valence-electron chi connectivity index (χ4n) is 5.13. The van der Waals surface area contributed by atoms with Crippen molar-refractivity contribution in [2.45, 2.75) is 12.5 Å². The number of rotatable bonds is 1. The van der Waals surface area contributed by atoms with Crippen LogP contribution in [0.15, 0.2) is 29.4 Å². The van der Waals surface area contributed by atoms with E-state index in [-0.39, 0.29) is 47.5 Å². The van der Waals surface area contributed by atoms with Crippen molar-refractivity contribution in [3.63, 3.8) is 0 Å². The maximum Gasteiger partial charge on any atom is 0.233 e. The van der Waals surface area contributed by atoms with Gasteiger partial charge >= 0.3 is 0 Å². The zero-order valence-electron chi connectivity index (χ0n) is 12.5. The zero-order chi connectivity index (χ0) is 15.9. The first-order chi connectivity index (χ1) is 11.1. The number of carbonyl (C=O) groups excluding carboxylic acids is 2. The standard InChI is InChI=1S/C17H15ClN2O3/c1-20-16(21)11-9-6-10(12(11)17(20)22)15-13(9)14(19-23-15)7-2-4-8(18)5-3-7/h2-5,9-13,15H,6H2,1H3/t9-,10+,11-,12+,13-,15-/m1/s1. The molecule has 0 unspecified atom stereocenters. The van der Waals surface area contributed by atoms with Crippen LogP contribution in [0.3, 0.4) is 0 Å². The predicted octanol–water partition coefficient (Wildman–Crippen LogP) is 1.94. The summed E-state index contributed by atoms with van der Waals surface area (Å²) in [7, 11) is 1.59.